The Morgan fingerprint density at radius 2 is 1.95 bits per heavy atom. The molecule has 1 aromatic rings. The molecule has 6 nitrogen and oxygen atoms in total. The van der Waals surface area contributed by atoms with Crippen molar-refractivity contribution in [1.82, 2.24) is 4.31 Å². The first-order valence-corrected chi connectivity index (χ1v) is 7.51. The molecule has 0 heterocycles. The molecule has 2 N–H and O–H groups in total. The second-order valence-electron chi connectivity index (χ2n) is 5.19. The summed E-state index contributed by atoms with van der Waals surface area (Å²) in [6.07, 6.45) is 5.36. The van der Waals surface area contributed by atoms with Crippen LogP contribution in [0, 0.1) is 12.3 Å². The van der Waals surface area contributed by atoms with Crippen molar-refractivity contribution < 1.29 is 18.3 Å². The molecule has 7 heteroatoms. The van der Waals surface area contributed by atoms with Crippen LogP contribution in [0.25, 0.3) is 0 Å². The summed E-state index contributed by atoms with van der Waals surface area (Å²) in [5, 5.41) is 12.2. The number of nitrogens with one attached hydrogen (secondary N) is 1. The van der Waals surface area contributed by atoms with Crippen LogP contribution in [0.15, 0.2) is 23.1 Å². The Morgan fingerprint density at radius 3 is 2.38 bits per heavy atom. The van der Waals surface area contributed by atoms with E-state index in [-0.39, 0.29) is 16.1 Å². The lowest BCUT2D eigenvalue weighted by atomic mass is 10.0. The average molecular weight is 310 g/mol. The minimum atomic E-state index is -3.70. The lowest BCUT2D eigenvalue weighted by Gasteiger charge is -2.23. The van der Waals surface area contributed by atoms with Gasteiger partial charge in [-0.3, -0.25) is 0 Å². The molecular weight excluding hydrogens is 292 g/mol. The maximum atomic E-state index is 12.0. The van der Waals surface area contributed by atoms with Crippen LogP contribution in [0.2, 0.25) is 0 Å². The van der Waals surface area contributed by atoms with Gasteiger partial charge in [-0.2, -0.15) is 0 Å². The van der Waals surface area contributed by atoms with Gasteiger partial charge in [0.1, 0.15) is 0 Å². The van der Waals surface area contributed by atoms with E-state index in [1.165, 1.54) is 26.2 Å². The highest BCUT2D eigenvalue weighted by atomic mass is 32.2. The first-order valence-electron chi connectivity index (χ1n) is 6.07. The lowest BCUT2D eigenvalue weighted by molar-refractivity contribution is 0.0697. The SMILES string of the molecule is C#CC(C)(C)Nc1ccc(S(=O)(=O)N(C)C)cc1C(=O)O. The van der Waals surface area contributed by atoms with E-state index < -0.39 is 21.5 Å². The van der Waals surface area contributed by atoms with E-state index >= 15 is 0 Å². The van der Waals surface area contributed by atoms with Crippen molar-refractivity contribution in [2.45, 2.75) is 24.3 Å². The number of hydrogen-bond donors (Lipinski definition) is 2. The molecule has 21 heavy (non-hydrogen) atoms. The molecule has 1 rings (SSSR count). The summed E-state index contributed by atoms with van der Waals surface area (Å²) in [5.41, 5.74) is -0.643. The minimum Gasteiger partial charge on any atom is -0.478 e. The Morgan fingerprint density at radius 1 is 1.38 bits per heavy atom. The molecule has 0 saturated heterocycles. The van der Waals surface area contributed by atoms with Crippen LogP contribution in [0.4, 0.5) is 5.69 Å². The third-order valence-electron chi connectivity index (χ3n) is 2.81. The van der Waals surface area contributed by atoms with Gasteiger partial charge in [0.25, 0.3) is 0 Å². The molecule has 0 saturated carbocycles. The number of carbonyl (C=O) groups is 1. The zero-order chi connectivity index (χ0) is 16.4. The largest absolute Gasteiger partial charge is 0.478 e. The molecule has 0 aliphatic rings. The Labute approximate surface area is 124 Å². The maximum Gasteiger partial charge on any atom is 0.337 e. The predicted octanol–water partition coefficient (Wildman–Crippen LogP) is 1.46. The van der Waals surface area contributed by atoms with Gasteiger partial charge in [-0.1, -0.05) is 5.92 Å². The van der Waals surface area contributed by atoms with Gasteiger partial charge in [-0.05, 0) is 32.0 Å². The van der Waals surface area contributed by atoms with E-state index in [0.717, 1.165) is 10.4 Å². The highest BCUT2D eigenvalue weighted by Gasteiger charge is 2.23. The van der Waals surface area contributed by atoms with Crippen molar-refractivity contribution in [2.24, 2.45) is 0 Å². The molecular formula is C14H18N2O4S. The zero-order valence-electron chi connectivity index (χ0n) is 12.3. The highest BCUT2D eigenvalue weighted by molar-refractivity contribution is 7.89. The van der Waals surface area contributed by atoms with Crippen molar-refractivity contribution in [3.8, 4) is 12.3 Å². The number of rotatable bonds is 5. The van der Waals surface area contributed by atoms with E-state index in [1.54, 1.807) is 13.8 Å². The summed E-state index contributed by atoms with van der Waals surface area (Å²) >= 11 is 0. The third kappa shape index (κ3) is 3.74. The number of carboxylic acids is 1. The van der Waals surface area contributed by atoms with Gasteiger partial charge < -0.3 is 10.4 Å². The van der Waals surface area contributed by atoms with Crippen LogP contribution in [-0.4, -0.2) is 43.4 Å². The van der Waals surface area contributed by atoms with Crippen molar-refractivity contribution in [3.05, 3.63) is 23.8 Å². The van der Waals surface area contributed by atoms with Gasteiger partial charge in [0.15, 0.2) is 0 Å². The fourth-order valence-electron chi connectivity index (χ4n) is 1.55. The number of sulfonamides is 1. The molecule has 0 bridgehead atoms. The Bertz CT molecular complexity index is 700. The van der Waals surface area contributed by atoms with Crippen LogP contribution in [0.3, 0.4) is 0 Å². The summed E-state index contributed by atoms with van der Waals surface area (Å²) in [6, 6.07) is 3.86. The van der Waals surface area contributed by atoms with Gasteiger partial charge >= 0.3 is 5.97 Å². The van der Waals surface area contributed by atoms with Crippen LogP contribution >= 0.6 is 0 Å². The van der Waals surface area contributed by atoms with E-state index in [4.69, 9.17) is 6.42 Å². The standard InChI is InChI=1S/C14H18N2O4S/c1-6-14(2,3)15-12-8-7-10(9-11(12)13(17)18)21(19,20)16(4)5/h1,7-9,15H,2-5H3,(H,17,18). The summed E-state index contributed by atoms with van der Waals surface area (Å²) in [4.78, 5) is 11.3. The molecule has 0 amide bonds. The normalized spacial score (nSPS) is 12.0. The second-order valence-corrected chi connectivity index (χ2v) is 7.35. The lowest BCUT2D eigenvalue weighted by Crippen LogP contribution is -2.29. The second kappa shape index (κ2) is 5.76. The molecule has 114 valence electrons. The van der Waals surface area contributed by atoms with Gasteiger partial charge in [0, 0.05) is 19.8 Å². The molecule has 0 atom stereocenters. The first-order chi connectivity index (χ1) is 9.51. The topological polar surface area (TPSA) is 86.7 Å². The molecule has 0 aliphatic heterocycles. The van der Waals surface area contributed by atoms with E-state index in [2.05, 4.69) is 11.2 Å². The summed E-state index contributed by atoms with van der Waals surface area (Å²) in [5.74, 6) is 1.25. The van der Waals surface area contributed by atoms with E-state index in [9.17, 15) is 18.3 Å². The fourth-order valence-corrected chi connectivity index (χ4v) is 2.48. The minimum absolute atomic E-state index is 0.0889. The van der Waals surface area contributed by atoms with Gasteiger partial charge in [-0.25, -0.2) is 17.5 Å². The number of terminal acetylenes is 1. The van der Waals surface area contributed by atoms with Gasteiger partial charge in [0.05, 0.1) is 16.0 Å². The Balaban J connectivity index is 3.41. The average Bonchev–Trinajstić information content (AvgIpc) is 2.38. The monoisotopic (exact) mass is 310 g/mol. The number of anilines is 1. The van der Waals surface area contributed by atoms with Crippen LogP contribution < -0.4 is 5.32 Å². The zero-order valence-corrected chi connectivity index (χ0v) is 13.2. The van der Waals surface area contributed by atoms with Gasteiger partial charge in [-0.15, -0.1) is 6.42 Å². The quantitative estimate of drug-likeness (QED) is 0.804. The van der Waals surface area contributed by atoms with Crippen molar-refractivity contribution >= 4 is 21.7 Å². The van der Waals surface area contributed by atoms with Crippen molar-refractivity contribution in [2.75, 3.05) is 19.4 Å². The first kappa shape index (κ1) is 17.0. The number of benzene rings is 1. The molecule has 1 aromatic carbocycles. The molecule has 0 fully saturated rings. The molecule has 0 unspecified atom stereocenters. The number of nitrogens with zero attached hydrogens (tertiary/aromatic N) is 1. The number of carboxylic acid groups (broad SMARTS) is 1. The predicted molar refractivity (Wildman–Crippen MR) is 80.8 cm³/mol. The van der Waals surface area contributed by atoms with Gasteiger partial charge in [0.2, 0.25) is 10.0 Å². The summed E-state index contributed by atoms with van der Waals surface area (Å²) in [7, 11) is -0.940. The van der Waals surface area contributed by atoms with E-state index in [0.29, 0.717) is 0 Å². The van der Waals surface area contributed by atoms with Crippen molar-refractivity contribution in [3.63, 3.8) is 0 Å². The number of hydrogen-bond acceptors (Lipinski definition) is 4. The van der Waals surface area contributed by atoms with Crippen molar-refractivity contribution in [1.29, 1.82) is 0 Å². The highest BCUT2D eigenvalue weighted by Crippen LogP contribution is 2.24. The van der Waals surface area contributed by atoms with Crippen LogP contribution in [-0.2, 0) is 10.0 Å². The molecule has 0 radical (unpaired) electrons. The molecule has 0 aromatic heterocycles. The smallest absolute Gasteiger partial charge is 0.337 e. The molecule has 0 spiro atoms. The maximum absolute atomic E-state index is 12.0. The van der Waals surface area contributed by atoms with E-state index in [1.807, 2.05) is 0 Å². The van der Waals surface area contributed by atoms with Crippen LogP contribution in [0.1, 0.15) is 24.2 Å². The molecule has 0 aliphatic carbocycles. The third-order valence-corrected chi connectivity index (χ3v) is 4.62. The number of aromatic carboxylic acids is 1. The van der Waals surface area contributed by atoms with Crippen LogP contribution in [0.5, 0.6) is 0 Å². The fraction of sp³-hybridized carbons (Fsp3) is 0.357. The summed E-state index contributed by atoms with van der Waals surface area (Å²) in [6.45, 7) is 3.42. The summed E-state index contributed by atoms with van der Waals surface area (Å²) < 4.78 is 25.1. The Hall–Kier alpha value is -2.04. The Kier molecular flexibility index (Phi) is 4.66.